The van der Waals surface area contributed by atoms with Crippen LogP contribution in [0.3, 0.4) is 0 Å². The first-order valence-corrected chi connectivity index (χ1v) is 4.19. The maximum atomic E-state index is 11.2. The van der Waals surface area contributed by atoms with Gasteiger partial charge in [-0.05, 0) is 11.8 Å². The fourth-order valence-corrected chi connectivity index (χ4v) is 1.21. The maximum absolute atomic E-state index is 11.2. The molecule has 72 valence electrons. The van der Waals surface area contributed by atoms with E-state index in [0.717, 1.165) is 6.42 Å². The molecule has 0 unspecified atom stereocenters. The number of carbonyl (C=O) groups excluding carboxylic acids is 1. The predicted molar refractivity (Wildman–Crippen MR) is 48.4 cm³/mol. The van der Waals surface area contributed by atoms with Gasteiger partial charge >= 0.3 is 0 Å². The summed E-state index contributed by atoms with van der Waals surface area (Å²) in [5, 5.41) is 0. The molecule has 0 aromatic rings. The van der Waals surface area contributed by atoms with E-state index in [9.17, 15) is 4.79 Å². The predicted octanol–water partition coefficient (Wildman–Crippen LogP) is 1.74. The average molecular weight is 173 g/mol. The van der Waals surface area contributed by atoms with Gasteiger partial charge < -0.3 is 0 Å². The summed E-state index contributed by atoms with van der Waals surface area (Å²) in [5.74, 6) is -0.0441. The van der Waals surface area contributed by atoms with Crippen molar-refractivity contribution in [3.63, 3.8) is 0 Å². The van der Waals surface area contributed by atoms with Crippen molar-refractivity contribution >= 4 is 5.91 Å². The van der Waals surface area contributed by atoms with E-state index >= 15 is 0 Å². The van der Waals surface area contributed by atoms with E-state index in [1.807, 2.05) is 6.92 Å². The molecule has 0 saturated carbocycles. The number of nitrogens with one attached hydrogen (secondary N) is 1. The Hall–Kier alpha value is -0.570. The maximum Gasteiger partial charge on any atom is 0.246 e. The van der Waals surface area contributed by atoms with Crippen LogP contribution in [0, 0.1) is 11.3 Å². The largest absolute Gasteiger partial charge is 0.277 e. The molecule has 0 aliphatic carbocycles. The van der Waals surface area contributed by atoms with Crippen LogP contribution in [0.1, 0.15) is 34.1 Å². The van der Waals surface area contributed by atoms with Crippen molar-refractivity contribution in [1.82, 2.24) is 5.48 Å². The fraction of sp³-hybridized carbons (Fsp3) is 0.889. The van der Waals surface area contributed by atoms with Gasteiger partial charge in [0.2, 0.25) is 5.91 Å². The highest BCUT2D eigenvalue weighted by molar-refractivity contribution is 5.77. The van der Waals surface area contributed by atoms with Gasteiger partial charge in [0.05, 0.1) is 7.11 Å². The summed E-state index contributed by atoms with van der Waals surface area (Å²) < 4.78 is 0. The lowest BCUT2D eigenvalue weighted by Gasteiger charge is -2.21. The molecule has 0 aromatic heterocycles. The molecule has 12 heavy (non-hydrogen) atoms. The smallest absolute Gasteiger partial charge is 0.246 e. The third-order valence-electron chi connectivity index (χ3n) is 1.57. The van der Waals surface area contributed by atoms with Crippen LogP contribution in [0.2, 0.25) is 0 Å². The van der Waals surface area contributed by atoms with E-state index in [2.05, 4.69) is 31.1 Å². The van der Waals surface area contributed by atoms with Crippen LogP contribution in [0.15, 0.2) is 0 Å². The van der Waals surface area contributed by atoms with Crippen LogP contribution < -0.4 is 5.48 Å². The molecule has 0 bridgehead atoms. The Balaban J connectivity index is 3.87. The molecule has 0 fully saturated rings. The van der Waals surface area contributed by atoms with Crippen LogP contribution in [0.5, 0.6) is 0 Å². The number of hydroxylamine groups is 1. The Bertz CT molecular complexity index is 149. The minimum atomic E-state index is -0.0487. The Morgan fingerprint density at radius 1 is 1.50 bits per heavy atom. The number of carbonyl (C=O) groups is 1. The minimum absolute atomic E-state index is 0.00458. The molecular formula is C9H19NO2. The highest BCUT2D eigenvalue weighted by Crippen LogP contribution is 2.23. The summed E-state index contributed by atoms with van der Waals surface area (Å²) in [6, 6.07) is 0. The zero-order chi connectivity index (χ0) is 9.78. The molecule has 0 spiro atoms. The van der Waals surface area contributed by atoms with Gasteiger partial charge in [0, 0.05) is 5.92 Å². The average Bonchev–Trinajstić information content (AvgIpc) is 1.84. The van der Waals surface area contributed by atoms with Crippen LogP contribution in [-0.4, -0.2) is 13.0 Å². The summed E-state index contributed by atoms with van der Waals surface area (Å²) in [4.78, 5) is 15.7. The van der Waals surface area contributed by atoms with E-state index in [0.29, 0.717) is 0 Å². The lowest BCUT2D eigenvalue weighted by Crippen LogP contribution is -2.30. The van der Waals surface area contributed by atoms with Gasteiger partial charge in [0.25, 0.3) is 0 Å². The Labute approximate surface area is 74.4 Å². The van der Waals surface area contributed by atoms with Gasteiger partial charge in [-0.1, -0.05) is 27.7 Å². The molecule has 1 N–H and O–H groups in total. The van der Waals surface area contributed by atoms with Crippen LogP contribution in [0.25, 0.3) is 0 Å². The number of amides is 1. The molecule has 1 atom stereocenters. The van der Waals surface area contributed by atoms with Gasteiger partial charge in [0.15, 0.2) is 0 Å². The van der Waals surface area contributed by atoms with Gasteiger partial charge in [-0.3, -0.25) is 9.63 Å². The van der Waals surface area contributed by atoms with Crippen LogP contribution >= 0.6 is 0 Å². The van der Waals surface area contributed by atoms with E-state index in [4.69, 9.17) is 0 Å². The molecule has 0 aliphatic rings. The third-order valence-corrected chi connectivity index (χ3v) is 1.57. The number of hydrogen-bond acceptors (Lipinski definition) is 2. The Morgan fingerprint density at radius 2 is 2.00 bits per heavy atom. The van der Waals surface area contributed by atoms with Crippen molar-refractivity contribution in [3.8, 4) is 0 Å². The second-order valence-corrected chi connectivity index (χ2v) is 4.34. The first kappa shape index (κ1) is 11.4. The van der Waals surface area contributed by atoms with Crippen molar-refractivity contribution in [2.75, 3.05) is 7.11 Å². The second-order valence-electron chi connectivity index (χ2n) is 4.34. The van der Waals surface area contributed by atoms with Crippen LogP contribution in [-0.2, 0) is 9.63 Å². The first-order valence-electron chi connectivity index (χ1n) is 4.19. The second kappa shape index (κ2) is 4.45. The standard InChI is InChI=1S/C9H19NO2/c1-7(6-9(2,3)4)8(11)10-12-5/h7H,6H2,1-5H3,(H,10,11)/t7-/m0/s1. The van der Waals surface area contributed by atoms with Crippen molar-refractivity contribution in [2.45, 2.75) is 34.1 Å². The van der Waals surface area contributed by atoms with E-state index in [1.54, 1.807) is 0 Å². The number of rotatable bonds is 3. The molecule has 0 saturated heterocycles. The summed E-state index contributed by atoms with van der Waals surface area (Å²) in [7, 11) is 1.45. The molecule has 3 nitrogen and oxygen atoms in total. The van der Waals surface area contributed by atoms with Crippen molar-refractivity contribution in [3.05, 3.63) is 0 Å². The van der Waals surface area contributed by atoms with Gasteiger partial charge in [0.1, 0.15) is 0 Å². The van der Waals surface area contributed by atoms with Crippen molar-refractivity contribution < 1.29 is 9.63 Å². The number of hydrogen-bond donors (Lipinski definition) is 1. The highest BCUT2D eigenvalue weighted by atomic mass is 16.6. The van der Waals surface area contributed by atoms with Crippen molar-refractivity contribution in [2.24, 2.45) is 11.3 Å². The third kappa shape index (κ3) is 5.13. The van der Waals surface area contributed by atoms with Crippen molar-refractivity contribution in [1.29, 1.82) is 0 Å². The topological polar surface area (TPSA) is 38.3 Å². The molecule has 0 aromatic carbocycles. The van der Waals surface area contributed by atoms with Gasteiger partial charge in [-0.15, -0.1) is 0 Å². The first-order chi connectivity index (χ1) is 5.37. The summed E-state index contributed by atoms with van der Waals surface area (Å²) in [6.07, 6.45) is 0.863. The lowest BCUT2D eigenvalue weighted by atomic mass is 9.85. The summed E-state index contributed by atoms with van der Waals surface area (Å²) >= 11 is 0. The Kier molecular flexibility index (Phi) is 4.24. The normalized spacial score (nSPS) is 14.1. The summed E-state index contributed by atoms with van der Waals surface area (Å²) in [5.41, 5.74) is 2.51. The monoisotopic (exact) mass is 173 g/mol. The fourth-order valence-electron chi connectivity index (χ4n) is 1.21. The molecular weight excluding hydrogens is 154 g/mol. The van der Waals surface area contributed by atoms with E-state index in [-0.39, 0.29) is 17.2 Å². The van der Waals surface area contributed by atoms with Gasteiger partial charge in [-0.25, -0.2) is 5.48 Å². The van der Waals surface area contributed by atoms with Crippen LogP contribution in [0.4, 0.5) is 0 Å². The van der Waals surface area contributed by atoms with Gasteiger partial charge in [-0.2, -0.15) is 0 Å². The quantitative estimate of drug-likeness (QED) is 0.660. The minimum Gasteiger partial charge on any atom is -0.277 e. The molecule has 0 rings (SSSR count). The molecule has 0 radical (unpaired) electrons. The van der Waals surface area contributed by atoms with E-state index < -0.39 is 0 Å². The summed E-state index contributed by atoms with van der Waals surface area (Å²) in [6.45, 7) is 8.25. The Morgan fingerprint density at radius 3 is 2.33 bits per heavy atom. The zero-order valence-corrected chi connectivity index (χ0v) is 8.60. The van der Waals surface area contributed by atoms with E-state index in [1.165, 1.54) is 7.11 Å². The lowest BCUT2D eigenvalue weighted by molar-refractivity contribution is -0.135. The SMILES string of the molecule is CONC(=O)[C@@H](C)CC(C)(C)C. The molecule has 1 amide bonds. The molecule has 3 heteroatoms. The zero-order valence-electron chi connectivity index (χ0n) is 8.60. The molecule has 0 aliphatic heterocycles. The molecule has 0 heterocycles. The highest BCUT2D eigenvalue weighted by Gasteiger charge is 2.20.